The molecular formula is C14H17N3O2S. The molecule has 6 heteroatoms. The van der Waals surface area contributed by atoms with Gasteiger partial charge in [-0.2, -0.15) is 0 Å². The highest BCUT2D eigenvalue weighted by Crippen LogP contribution is 2.33. The number of rotatable bonds is 5. The maximum absolute atomic E-state index is 12.6. The van der Waals surface area contributed by atoms with Gasteiger partial charge >= 0.3 is 0 Å². The Labute approximate surface area is 118 Å². The first kappa shape index (κ1) is 13.5. The van der Waals surface area contributed by atoms with Crippen molar-refractivity contribution in [2.75, 3.05) is 6.54 Å². The van der Waals surface area contributed by atoms with Crippen LogP contribution in [0.1, 0.15) is 12.8 Å². The molecular weight excluding hydrogens is 274 g/mol. The Bertz CT molecular complexity index is 721. The first-order valence-electron chi connectivity index (χ1n) is 6.67. The van der Waals surface area contributed by atoms with E-state index in [0.717, 1.165) is 18.2 Å². The summed E-state index contributed by atoms with van der Waals surface area (Å²) in [7, 11) is -3.56. The van der Waals surface area contributed by atoms with Gasteiger partial charge in [0, 0.05) is 35.8 Å². The Balaban J connectivity index is 2.00. The Morgan fingerprint density at radius 1 is 1.35 bits per heavy atom. The normalized spacial score (nSPS) is 17.2. The van der Waals surface area contributed by atoms with Gasteiger partial charge in [0.25, 0.3) is 0 Å². The summed E-state index contributed by atoms with van der Waals surface area (Å²) in [5.74, 6) is 0.381. The lowest BCUT2D eigenvalue weighted by molar-refractivity contribution is 0.520. The molecule has 3 rings (SSSR count). The van der Waals surface area contributed by atoms with Gasteiger partial charge in [0.15, 0.2) is 0 Å². The second-order valence-electron chi connectivity index (χ2n) is 5.15. The third-order valence-electron chi connectivity index (χ3n) is 3.68. The van der Waals surface area contributed by atoms with Crippen molar-refractivity contribution >= 4 is 20.8 Å². The fourth-order valence-electron chi connectivity index (χ4n) is 2.43. The Kier molecular flexibility index (Phi) is 3.45. The predicted octanol–water partition coefficient (Wildman–Crippen LogP) is 1.25. The summed E-state index contributed by atoms with van der Waals surface area (Å²) in [5, 5.41) is 1.49. The zero-order chi connectivity index (χ0) is 14.2. The summed E-state index contributed by atoms with van der Waals surface area (Å²) in [6.45, 7) is 0.330. The minimum Gasteiger partial charge on any atom is -0.329 e. The Morgan fingerprint density at radius 2 is 2.15 bits per heavy atom. The number of aromatic nitrogens is 1. The lowest BCUT2D eigenvalue weighted by atomic mass is 10.2. The highest BCUT2D eigenvalue weighted by Gasteiger charge is 2.33. The number of hydrogen-bond donors (Lipinski definition) is 2. The van der Waals surface area contributed by atoms with E-state index in [0.29, 0.717) is 17.8 Å². The fourth-order valence-corrected chi connectivity index (χ4v) is 3.97. The van der Waals surface area contributed by atoms with Crippen molar-refractivity contribution in [1.82, 2.24) is 9.71 Å². The van der Waals surface area contributed by atoms with Gasteiger partial charge in [0.2, 0.25) is 10.0 Å². The van der Waals surface area contributed by atoms with Crippen molar-refractivity contribution in [3.05, 3.63) is 36.7 Å². The minimum absolute atomic E-state index is 0.169. The number of nitrogens with one attached hydrogen (secondary N) is 1. The van der Waals surface area contributed by atoms with Crippen LogP contribution in [0.15, 0.2) is 41.6 Å². The number of nitrogens with two attached hydrogens (primary N) is 1. The minimum atomic E-state index is -3.56. The van der Waals surface area contributed by atoms with Crippen LogP contribution < -0.4 is 10.5 Å². The van der Waals surface area contributed by atoms with E-state index in [9.17, 15) is 8.42 Å². The van der Waals surface area contributed by atoms with Gasteiger partial charge in [0.1, 0.15) is 0 Å². The monoisotopic (exact) mass is 291 g/mol. The first-order chi connectivity index (χ1) is 9.62. The Morgan fingerprint density at radius 3 is 2.85 bits per heavy atom. The molecule has 2 aromatic rings. The van der Waals surface area contributed by atoms with Crippen molar-refractivity contribution in [1.29, 1.82) is 0 Å². The van der Waals surface area contributed by atoms with Crippen molar-refractivity contribution < 1.29 is 8.42 Å². The van der Waals surface area contributed by atoms with Gasteiger partial charge in [-0.15, -0.1) is 0 Å². The highest BCUT2D eigenvalue weighted by atomic mass is 32.2. The molecule has 1 aliphatic rings. The molecule has 3 N–H and O–H groups in total. The molecule has 1 fully saturated rings. The molecule has 1 heterocycles. The van der Waals surface area contributed by atoms with Crippen LogP contribution in [0, 0.1) is 5.92 Å². The standard InChI is InChI=1S/C14H17N3O2S/c15-8-13(10-4-5-10)17-20(18,19)14-3-1-2-11-9-16-7-6-12(11)14/h1-3,6-7,9-10,13,17H,4-5,8,15H2. The predicted molar refractivity (Wildman–Crippen MR) is 77.6 cm³/mol. The average molecular weight is 291 g/mol. The van der Waals surface area contributed by atoms with E-state index in [1.54, 1.807) is 30.6 Å². The van der Waals surface area contributed by atoms with E-state index in [4.69, 9.17) is 5.73 Å². The van der Waals surface area contributed by atoms with E-state index in [1.165, 1.54) is 0 Å². The third kappa shape index (κ3) is 2.54. The number of pyridine rings is 1. The second kappa shape index (κ2) is 5.12. The molecule has 106 valence electrons. The largest absolute Gasteiger partial charge is 0.329 e. The molecule has 0 radical (unpaired) electrons. The molecule has 1 aliphatic carbocycles. The van der Waals surface area contributed by atoms with Crippen LogP contribution in [0.3, 0.4) is 0 Å². The number of sulfonamides is 1. The van der Waals surface area contributed by atoms with Crippen molar-refractivity contribution in [2.45, 2.75) is 23.8 Å². The summed E-state index contributed by atoms with van der Waals surface area (Å²) in [6.07, 6.45) is 5.35. The summed E-state index contributed by atoms with van der Waals surface area (Å²) in [5.41, 5.74) is 5.67. The van der Waals surface area contributed by atoms with Crippen LogP contribution in [-0.4, -0.2) is 26.0 Å². The molecule has 1 atom stereocenters. The lowest BCUT2D eigenvalue weighted by Gasteiger charge is -2.17. The van der Waals surface area contributed by atoms with Gasteiger partial charge in [-0.05, 0) is 30.9 Å². The number of nitrogens with zero attached hydrogens (tertiary/aromatic N) is 1. The van der Waals surface area contributed by atoms with Gasteiger partial charge in [-0.3, -0.25) is 4.98 Å². The molecule has 20 heavy (non-hydrogen) atoms. The topological polar surface area (TPSA) is 85.1 Å². The van der Waals surface area contributed by atoms with Crippen LogP contribution in [0.2, 0.25) is 0 Å². The molecule has 0 saturated heterocycles. The van der Waals surface area contributed by atoms with Crippen molar-refractivity contribution in [3.63, 3.8) is 0 Å². The zero-order valence-corrected chi connectivity index (χ0v) is 11.8. The molecule has 1 aromatic carbocycles. The molecule has 5 nitrogen and oxygen atoms in total. The number of benzene rings is 1. The van der Waals surface area contributed by atoms with Crippen molar-refractivity contribution in [2.24, 2.45) is 11.7 Å². The van der Waals surface area contributed by atoms with Gasteiger partial charge in [-0.1, -0.05) is 12.1 Å². The summed E-state index contributed by atoms with van der Waals surface area (Å²) < 4.78 is 27.9. The molecule has 0 aliphatic heterocycles. The second-order valence-corrected chi connectivity index (χ2v) is 6.84. The van der Waals surface area contributed by atoms with Crippen molar-refractivity contribution in [3.8, 4) is 0 Å². The summed E-state index contributed by atoms with van der Waals surface area (Å²) >= 11 is 0. The van der Waals surface area contributed by atoms with Crippen LogP contribution in [0.4, 0.5) is 0 Å². The summed E-state index contributed by atoms with van der Waals surface area (Å²) in [6, 6.07) is 6.75. The highest BCUT2D eigenvalue weighted by molar-refractivity contribution is 7.89. The van der Waals surface area contributed by atoms with E-state index in [1.807, 2.05) is 6.07 Å². The molecule has 1 unspecified atom stereocenters. The molecule has 0 bridgehead atoms. The van der Waals surface area contributed by atoms with Gasteiger partial charge < -0.3 is 5.73 Å². The molecule has 0 amide bonds. The van der Waals surface area contributed by atoms with Crippen LogP contribution in [0.5, 0.6) is 0 Å². The SMILES string of the molecule is NCC(NS(=O)(=O)c1cccc2cnccc12)C1CC1. The van der Waals surface area contributed by atoms with Crippen LogP contribution in [0.25, 0.3) is 10.8 Å². The van der Waals surface area contributed by atoms with Gasteiger partial charge in [0.05, 0.1) is 4.90 Å². The smallest absolute Gasteiger partial charge is 0.241 e. The first-order valence-corrected chi connectivity index (χ1v) is 8.15. The zero-order valence-electron chi connectivity index (χ0n) is 11.0. The molecule has 1 aromatic heterocycles. The maximum Gasteiger partial charge on any atom is 0.241 e. The van der Waals surface area contributed by atoms with Crippen LogP contribution >= 0.6 is 0 Å². The summed E-state index contributed by atoms with van der Waals surface area (Å²) in [4.78, 5) is 4.30. The van der Waals surface area contributed by atoms with E-state index in [2.05, 4.69) is 9.71 Å². The molecule has 0 spiro atoms. The van der Waals surface area contributed by atoms with E-state index < -0.39 is 10.0 Å². The third-order valence-corrected chi connectivity index (χ3v) is 5.23. The average Bonchev–Trinajstić information content (AvgIpc) is 3.29. The maximum atomic E-state index is 12.6. The lowest BCUT2D eigenvalue weighted by Crippen LogP contribution is -2.41. The quantitative estimate of drug-likeness (QED) is 0.868. The van der Waals surface area contributed by atoms with Crippen LogP contribution in [-0.2, 0) is 10.0 Å². The Hall–Kier alpha value is -1.50. The molecule has 1 saturated carbocycles. The van der Waals surface area contributed by atoms with Gasteiger partial charge in [-0.25, -0.2) is 13.1 Å². The number of hydrogen-bond acceptors (Lipinski definition) is 4. The fraction of sp³-hybridized carbons (Fsp3) is 0.357. The van der Waals surface area contributed by atoms with E-state index >= 15 is 0 Å². The van der Waals surface area contributed by atoms with E-state index in [-0.39, 0.29) is 10.9 Å². The number of fused-ring (bicyclic) bond motifs is 1.